The van der Waals surface area contributed by atoms with Crippen molar-refractivity contribution in [1.82, 2.24) is 10.3 Å². The lowest BCUT2D eigenvalue weighted by atomic mass is 9.99. The number of pyridine rings is 1. The van der Waals surface area contributed by atoms with Gasteiger partial charge in [-0.25, -0.2) is 4.98 Å². The lowest BCUT2D eigenvalue weighted by Gasteiger charge is -2.31. The van der Waals surface area contributed by atoms with Gasteiger partial charge in [-0.05, 0) is 36.5 Å². The number of carbonyl (C=O) groups is 1. The van der Waals surface area contributed by atoms with Crippen molar-refractivity contribution in [3.8, 4) is 0 Å². The number of aromatic nitrogens is 1. The Morgan fingerprint density at radius 1 is 1.15 bits per heavy atom. The Morgan fingerprint density at radius 3 is 2.81 bits per heavy atom. The highest BCUT2D eigenvalue weighted by Gasteiger charge is 2.23. The lowest BCUT2D eigenvalue weighted by Crippen LogP contribution is -2.35. The highest BCUT2D eigenvalue weighted by atomic mass is 16.5. The molecule has 0 radical (unpaired) electrons. The maximum atomic E-state index is 12.4. The van der Waals surface area contributed by atoms with Gasteiger partial charge in [0.1, 0.15) is 5.82 Å². The number of nitrogens with one attached hydrogen (secondary N) is 1. The first-order chi connectivity index (χ1) is 12.8. The summed E-state index contributed by atoms with van der Waals surface area (Å²) in [6.45, 7) is 3.72. The molecule has 1 aromatic heterocycles. The number of hydrogen-bond acceptors (Lipinski definition) is 4. The van der Waals surface area contributed by atoms with Crippen LogP contribution in [0.2, 0.25) is 0 Å². The van der Waals surface area contributed by atoms with Crippen LogP contribution in [0.15, 0.2) is 42.6 Å². The molecule has 1 saturated heterocycles. The zero-order valence-electron chi connectivity index (χ0n) is 15.0. The summed E-state index contributed by atoms with van der Waals surface area (Å²) in [5.41, 5.74) is 3.86. The van der Waals surface area contributed by atoms with Crippen molar-refractivity contribution >= 4 is 11.7 Å². The van der Waals surface area contributed by atoms with Crippen LogP contribution in [0, 0.1) is 5.92 Å². The van der Waals surface area contributed by atoms with Crippen LogP contribution >= 0.6 is 0 Å². The number of fused-ring (bicyclic) bond motifs is 1. The topological polar surface area (TPSA) is 54.5 Å². The molecule has 5 nitrogen and oxygen atoms in total. The Morgan fingerprint density at radius 2 is 1.96 bits per heavy atom. The molecule has 0 atom stereocenters. The number of carbonyl (C=O) groups excluding carboxylic acids is 1. The van der Waals surface area contributed by atoms with Gasteiger partial charge in [0.2, 0.25) is 5.91 Å². The molecule has 2 aliphatic rings. The molecule has 2 aromatic rings. The maximum Gasteiger partial charge on any atom is 0.223 e. The number of nitrogens with zero attached hydrogens (tertiary/aromatic N) is 2. The molecule has 0 spiro atoms. The van der Waals surface area contributed by atoms with Crippen molar-refractivity contribution in [2.75, 3.05) is 24.7 Å². The number of amides is 1. The van der Waals surface area contributed by atoms with E-state index in [2.05, 4.69) is 45.5 Å². The molecule has 5 heteroatoms. The van der Waals surface area contributed by atoms with Gasteiger partial charge in [0.25, 0.3) is 0 Å². The van der Waals surface area contributed by atoms with Crippen molar-refractivity contribution in [2.24, 2.45) is 5.92 Å². The Bertz CT molecular complexity index is 771. The number of rotatable bonds is 4. The minimum atomic E-state index is 0.0748. The molecule has 0 unspecified atom stereocenters. The predicted molar refractivity (Wildman–Crippen MR) is 101 cm³/mol. The highest BCUT2D eigenvalue weighted by molar-refractivity contribution is 5.78. The minimum absolute atomic E-state index is 0.0748. The second-order valence-corrected chi connectivity index (χ2v) is 7.03. The molecule has 0 bridgehead atoms. The third-order valence-electron chi connectivity index (χ3n) is 5.34. The van der Waals surface area contributed by atoms with Gasteiger partial charge in [-0.1, -0.05) is 30.3 Å². The Labute approximate surface area is 154 Å². The van der Waals surface area contributed by atoms with Crippen LogP contribution in [0.25, 0.3) is 0 Å². The molecule has 26 heavy (non-hydrogen) atoms. The molecule has 2 aliphatic heterocycles. The second kappa shape index (κ2) is 7.87. The molecule has 0 saturated carbocycles. The minimum Gasteiger partial charge on any atom is -0.381 e. The monoisotopic (exact) mass is 351 g/mol. The number of benzene rings is 1. The molecule has 3 heterocycles. The molecular formula is C21H25N3O2. The van der Waals surface area contributed by atoms with E-state index in [1.807, 2.05) is 12.3 Å². The quantitative estimate of drug-likeness (QED) is 0.920. The molecular weight excluding hydrogens is 326 g/mol. The number of ether oxygens (including phenoxy) is 1. The van der Waals surface area contributed by atoms with Crippen LogP contribution in [0.1, 0.15) is 29.5 Å². The van der Waals surface area contributed by atoms with Gasteiger partial charge in [-0.15, -0.1) is 0 Å². The molecule has 1 aromatic carbocycles. The van der Waals surface area contributed by atoms with E-state index in [0.29, 0.717) is 19.8 Å². The van der Waals surface area contributed by atoms with Crippen molar-refractivity contribution < 1.29 is 9.53 Å². The van der Waals surface area contributed by atoms with E-state index in [0.717, 1.165) is 43.7 Å². The number of hydrogen-bond donors (Lipinski definition) is 1. The van der Waals surface area contributed by atoms with Gasteiger partial charge in [0.15, 0.2) is 0 Å². The fraction of sp³-hybridized carbons (Fsp3) is 0.429. The lowest BCUT2D eigenvalue weighted by molar-refractivity contribution is -0.128. The zero-order valence-corrected chi connectivity index (χ0v) is 15.0. The van der Waals surface area contributed by atoms with Crippen molar-refractivity contribution in [2.45, 2.75) is 32.4 Å². The van der Waals surface area contributed by atoms with E-state index in [1.165, 1.54) is 11.1 Å². The fourth-order valence-corrected chi connectivity index (χ4v) is 3.82. The summed E-state index contributed by atoms with van der Waals surface area (Å²) in [4.78, 5) is 19.4. The third kappa shape index (κ3) is 3.73. The normalized spacial score (nSPS) is 17.6. The van der Waals surface area contributed by atoms with Crippen LogP contribution < -0.4 is 10.2 Å². The van der Waals surface area contributed by atoms with Crippen LogP contribution in [0.4, 0.5) is 5.82 Å². The number of anilines is 1. The average Bonchev–Trinajstić information content (AvgIpc) is 2.72. The summed E-state index contributed by atoms with van der Waals surface area (Å²) in [6.07, 6.45) is 4.49. The molecule has 0 aliphatic carbocycles. The van der Waals surface area contributed by atoms with Crippen LogP contribution in [0.3, 0.4) is 0 Å². The summed E-state index contributed by atoms with van der Waals surface area (Å²) in [5, 5.41) is 3.11. The van der Waals surface area contributed by atoms with Crippen LogP contribution in [0.5, 0.6) is 0 Å². The zero-order chi connectivity index (χ0) is 17.8. The fourth-order valence-electron chi connectivity index (χ4n) is 3.82. The molecule has 1 fully saturated rings. The summed E-state index contributed by atoms with van der Waals surface area (Å²) in [7, 11) is 0. The highest BCUT2D eigenvalue weighted by Crippen LogP contribution is 2.25. The summed E-state index contributed by atoms with van der Waals surface area (Å²) < 4.78 is 5.34. The summed E-state index contributed by atoms with van der Waals surface area (Å²) in [6, 6.07) is 12.6. The maximum absolute atomic E-state index is 12.4. The van der Waals surface area contributed by atoms with Crippen molar-refractivity contribution in [1.29, 1.82) is 0 Å². The van der Waals surface area contributed by atoms with Gasteiger partial charge in [0.05, 0.1) is 0 Å². The van der Waals surface area contributed by atoms with E-state index in [1.54, 1.807) is 0 Å². The SMILES string of the molecule is O=C(NCc1cccnc1N1CCc2ccccc2C1)C1CCOCC1. The summed E-state index contributed by atoms with van der Waals surface area (Å²) in [5.74, 6) is 1.19. The Balaban J connectivity index is 1.44. The standard InChI is InChI=1S/C21H25N3O2/c25-21(17-8-12-26-13-9-17)23-14-18-6-3-10-22-20(18)24-11-7-16-4-1-2-5-19(16)15-24/h1-6,10,17H,7-9,11-15H2,(H,23,25). The van der Waals surface area contributed by atoms with Gasteiger partial charge in [-0.3, -0.25) is 4.79 Å². The first-order valence-corrected chi connectivity index (χ1v) is 9.42. The molecule has 1 N–H and O–H groups in total. The second-order valence-electron chi connectivity index (χ2n) is 7.03. The molecule has 136 valence electrons. The summed E-state index contributed by atoms with van der Waals surface area (Å²) >= 11 is 0. The smallest absolute Gasteiger partial charge is 0.223 e. The largest absolute Gasteiger partial charge is 0.381 e. The van der Waals surface area contributed by atoms with E-state index in [4.69, 9.17) is 4.74 Å². The first kappa shape index (κ1) is 17.0. The first-order valence-electron chi connectivity index (χ1n) is 9.42. The third-order valence-corrected chi connectivity index (χ3v) is 5.34. The van der Waals surface area contributed by atoms with E-state index < -0.39 is 0 Å². The average molecular weight is 351 g/mol. The van der Waals surface area contributed by atoms with Gasteiger partial charge in [0, 0.05) is 50.5 Å². The predicted octanol–water partition coefficient (Wildman–Crippen LogP) is 2.69. The van der Waals surface area contributed by atoms with Crippen molar-refractivity contribution in [3.63, 3.8) is 0 Å². The van der Waals surface area contributed by atoms with Gasteiger partial charge >= 0.3 is 0 Å². The Hall–Kier alpha value is -2.40. The van der Waals surface area contributed by atoms with Crippen molar-refractivity contribution in [3.05, 3.63) is 59.3 Å². The Kier molecular flexibility index (Phi) is 5.16. The van der Waals surface area contributed by atoms with E-state index in [-0.39, 0.29) is 11.8 Å². The molecule has 1 amide bonds. The van der Waals surface area contributed by atoms with Crippen LogP contribution in [-0.2, 0) is 29.0 Å². The van der Waals surface area contributed by atoms with E-state index in [9.17, 15) is 4.79 Å². The van der Waals surface area contributed by atoms with Gasteiger partial charge in [-0.2, -0.15) is 0 Å². The van der Waals surface area contributed by atoms with Crippen LogP contribution in [-0.4, -0.2) is 30.6 Å². The molecule has 4 rings (SSSR count). The van der Waals surface area contributed by atoms with Gasteiger partial charge < -0.3 is 15.0 Å². The van der Waals surface area contributed by atoms with E-state index >= 15 is 0 Å².